The third kappa shape index (κ3) is 2.75. The van der Waals surface area contributed by atoms with Crippen LogP contribution in [0.5, 0.6) is 0 Å². The van der Waals surface area contributed by atoms with Crippen LogP contribution < -0.4 is 0 Å². The van der Waals surface area contributed by atoms with Gasteiger partial charge in [-0.25, -0.2) is 4.79 Å². The van der Waals surface area contributed by atoms with E-state index in [1.165, 1.54) is 11.3 Å². The summed E-state index contributed by atoms with van der Waals surface area (Å²) in [6, 6.07) is 11.7. The van der Waals surface area contributed by atoms with Gasteiger partial charge in [0.15, 0.2) is 5.71 Å². The summed E-state index contributed by atoms with van der Waals surface area (Å²) in [5.41, 5.74) is 1.87. The van der Waals surface area contributed by atoms with Crippen molar-refractivity contribution in [1.29, 1.82) is 0 Å². The molecule has 5 heteroatoms. The number of hydrogen-bond donors (Lipinski definition) is 2. The van der Waals surface area contributed by atoms with Gasteiger partial charge >= 0.3 is 5.97 Å². The summed E-state index contributed by atoms with van der Waals surface area (Å²) in [4.78, 5) is 11.6. The van der Waals surface area contributed by atoms with Crippen LogP contribution in [0.1, 0.15) is 4.88 Å². The Balaban J connectivity index is 2.19. The SMILES string of the molecule is O=C(O)/C(Cc1cc(-c2ccccc2)cs1)=N\O. The molecular weight excluding hydrogens is 250 g/mol. The van der Waals surface area contributed by atoms with E-state index in [9.17, 15) is 4.79 Å². The number of benzene rings is 1. The maximum absolute atomic E-state index is 10.7. The molecule has 0 atom stereocenters. The Morgan fingerprint density at radius 3 is 2.56 bits per heavy atom. The van der Waals surface area contributed by atoms with Gasteiger partial charge in [0.05, 0.1) is 0 Å². The molecular formula is C13H11NO3S. The molecule has 2 rings (SSSR count). The minimum atomic E-state index is -1.20. The van der Waals surface area contributed by atoms with Crippen LogP contribution in [0.15, 0.2) is 46.9 Å². The lowest BCUT2D eigenvalue weighted by atomic mass is 10.1. The highest BCUT2D eigenvalue weighted by Gasteiger charge is 2.12. The van der Waals surface area contributed by atoms with Crippen molar-refractivity contribution in [2.75, 3.05) is 0 Å². The molecule has 0 fully saturated rings. The Bertz CT molecular complexity index is 575. The Kier molecular flexibility index (Phi) is 3.74. The molecule has 0 aliphatic carbocycles. The lowest BCUT2D eigenvalue weighted by Gasteiger charge is -1.96. The molecule has 4 nitrogen and oxygen atoms in total. The van der Waals surface area contributed by atoms with Crippen molar-refractivity contribution in [2.24, 2.45) is 5.16 Å². The van der Waals surface area contributed by atoms with Crippen molar-refractivity contribution >= 4 is 23.0 Å². The number of carboxylic acid groups (broad SMARTS) is 1. The highest BCUT2D eigenvalue weighted by Crippen LogP contribution is 2.25. The van der Waals surface area contributed by atoms with Crippen LogP contribution in [0.2, 0.25) is 0 Å². The van der Waals surface area contributed by atoms with Crippen LogP contribution in [0.4, 0.5) is 0 Å². The van der Waals surface area contributed by atoms with E-state index in [1.807, 2.05) is 41.8 Å². The second-order valence-electron chi connectivity index (χ2n) is 3.70. The number of aliphatic carboxylic acids is 1. The first kappa shape index (κ1) is 12.3. The maximum Gasteiger partial charge on any atom is 0.354 e. The van der Waals surface area contributed by atoms with Gasteiger partial charge in [0.2, 0.25) is 0 Å². The van der Waals surface area contributed by atoms with Gasteiger partial charge in [0.25, 0.3) is 0 Å². The molecule has 18 heavy (non-hydrogen) atoms. The van der Waals surface area contributed by atoms with Gasteiger partial charge in [-0.15, -0.1) is 11.3 Å². The first-order valence-electron chi connectivity index (χ1n) is 5.27. The number of hydrogen-bond acceptors (Lipinski definition) is 4. The fraction of sp³-hybridized carbons (Fsp3) is 0.0769. The topological polar surface area (TPSA) is 69.9 Å². The maximum atomic E-state index is 10.7. The summed E-state index contributed by atoms with van der Waals surface area (Å²) in [6.45, 7) is 0. The van der Waals surface area contributed by atoms with Gasteiger partial charge in [-0.2, -0.15) is 0 Å². The van der Waals surface area contributed by atoms with Crippen molar-refractivity contribution in [3.63, 3.8) is 0 Å². The number of oxime groups is 1. The van der Waals surface area contributed by atoms with E-state index in [2.05, 4.69) is 5.16 Å². The summed E-state index contributed by atoms with van der Waals surface area (Å²) < 4.78 is 0. The zero-order valence-electron chi connectivity index (χ0n) is 9.41. The Morgan fingerprint density at radius 1 is 1.22 bits per heavy atom. The number of nitrogens with zero attached hydrogens (tertiary/aromatic N) is 1. The molecule has 1 heterocycles. The molecule has 1 aromatic heterocycles. The van der Waals surface area contributed by atoms with E-state index in [-0.39, 0.29) is 12.1 Å². The van der Waals surface area contributed by atoms with Crippen molar-refractivity contribution < 1.29 is 15.1 Å². The van der Waals surface area contributed by atoms with E-state index in [0.717, 1.165) is 16.0 Å². The molecule has 0 saturated heterocycles. The average Bonchev–Trinajstić information content (AvgIpc) is 2.85. The van der Waals surface area contributed by atoms with Crippen LogP contribution in [0.3, 0.4) is 0 Å². The molecule has 0 amide bonds. The molecule has 2 N–H and O–H groups in total. The molecule has 2 aromatic rings. The molecule has 0 aliphatic rings. The standard InChI is InChI=1S/C13H11NO3S/c15-13(16)12(14-17)7-11-6-10(8-18-11)9-4-2-1-3-5-9/h1-6,8,17H,7H2,(H,15,16)/b14-12-. The number of carbonyl (C=O) groups is 1. The van der Waals surface area contributed by atoms with E-state index in [0.29, 0.717) is 0 Å². The second-order valence-corrected chi connectivity index (χ2v) is 4.69. The highest BCUT2D eigenvalue weighted by molar-refractivity contribution is 7.10. The van der Waals surface area contributed by atoms with Crippen LogP contribution in [-0.2, 0) is 11.2 Å². The molecule has 0 bridgehead atoms. The number of carboxylic acids is 1. The highest BCUT2D eigenvalue weighted by atomic mass is 32.1. The molecule has 0 spiro atoms. The third-order valence-corrected chi connectivity index (χ3v) is 3.41. The minimum absolute atomic E-state index is 0.128. The van der Waals surface area contributed by atoms with E-state index < -0.39 is 5.97 Å². The Labute approximate surface area is 108 Å². The summed E-state index contributed by atoms with van der Waals surface area (Å²) in [5.74, 6) is -1.20. The lowest BCUT2D eigenvalue weighted by Crippen LogP contribution is -2.15. The van der Waals surface area contributed by atoms with E-state index in [1.54, 1.807) is 0 Å². The Morgan fingerprint density at radius 2 is 1.94 bits per heavy atom. The van der Waals surface area contributed by atoms with Crippen LogP contribution >= 0.6 is 11.3 Å². The fourth-order valence-corrected chi connectivity index (χ4v) is 2.47. The zero-order valence-corrected chi connectivity index (χ0v) is 10.2. The molecule has 0 saturated carbocycles. The Hall–Kier alpha value is -2.14. The van der Waals surface area contributed by atoms with Crippen molar-refractivity contribution in [3.05, 3.63) is 46.7 Å². The molecule has 1 aromatic carbocycles. The van der Waals surface area contributed by atoms with Crippen LogP contribution in [-0.4, -0.2) is 22.0 Å². The summed E-state index contributed by atoms with van der Waals surface area (Å²) in [6.07, 6.45) is 0.128. The predicted octanol–water partition coefficient (Wildman–Crippen LogP) is 2.87. The molecule has 92 valence electrons. The average molecular weight is 261 g/mol. The third-order valence-electron chi connectivity index (χ3n) is 2.47. The van der Waals surface area contributed by atoms with Gasteiger partial charge in [-0.3, -0.25) is 0 Å². The van der Waals surface area contributed by atoms with Crippen molar-refractivity contribution in [2.45, 2.75) is 6.42 Å². The lowest BCUT2D eigenvalue weighted by molar-refractivity contribution is -0.129. The fourth-order valence-electron chi connectivity index (χ4n) is 1.57. The van der Waals surface area contributed by atoms with Crippen LogP contribution in [0.25, 0.3) is 11.1 Å². The van der Waals surface area contributed by atoms with Crippen molar-refractivity contribution in [3.8, 4) is 11.1 Å². The van der Waals surface area contributed by atoms with Gasteiger partial charge < -0.3 is 10.3 Å². The van der Waals surface area contributed by atoms with E-state index in [4.69, 9.17) is 10.3 Å². The van der Waals surface area contributed by atoms with Crippen molar-refractivity contribution in [1.82, 2.24) is 0 Å². The van der Waals surface area contributed by atoms with E-state index >= 15 is 0 Å². The van der Waals surface area contributed by atoms with Gasteiger partial charge in [0, 0.05) is 11.3 Å². The largest absolute Gasteiger partial charge is 0.477 e. The van der Waals surface area contributed by atoms with Gasteiger partial charge in [-0.05, 0) is 22.6 Å². The summed E-state index contributed by atoms with van der Waals surface area (Å²) in [5, 5.41) is 22.1. The summed E-state index contributed by atoms with van der Waals surface area (Å²) >= 11 is 1.45. The second kappa shape index (κ2) is 5.46. The monoisotopic (exact) mass is 261 g/mol. The first-order chi connectivity index (χ1) is 8.70. The minimum Gasteiger partial charge on any atom is -0.477 e. The first-order valence-corrected chi connectivity index (χ1v) is 6.15. The smallest absolute Gasteiger partial charge is 0.354 e. The zero-order chi connectivity index (χ0) is 13.0. The van der Waals surface area contributed by atoms with Gasteiger partial charge in [0.1, 0.15) is 0 Å². The predicted molar refractivity (Wildman–Crippen MR) is 70.3 cm³/mol. The molecule has 0 aliphatic heterocycles. The number of rotatable bonds is 4. The number of thiophene rings is 1. The quantitative estimate of drug-likeness (QED) is 0.505. The molecule has 0 radical (unpaired) electrons. The van der Waals surface area contributed by atoms with Gasteiger partial charge in [-0.1, -0.05) is 35.5 Å². The normalized spacial score (nSPS) is 11.4. The molecule has 0 unspecified atom stereocenters. The van der Waals surface area contributed by atoms with Crippen LogP contribution in [0, 0.1) is 0 Å². The summed E-state index contributed by atoms with van der Waals surface area (Å²) in [7, 11) is 0.